The van der Waals surface area contributed by atoms with E-state index in [0.29, 0.717) is 12.0 Å². The first-order chi connectivity index (χ1) is 6.64. The van der Waals surface area contributed by atoms with Gasteiger partial charge in [0.15, 0.2) is 0 Å². The average molecular weight is 214 g/mol. The fourth-order valence-electron chi connectivity index (χ4n) is 1.49. The largest absolute Gasteiger partial charge is 0.326 e. The number of hydrogen-bond donors (Lipinski definition) is 1. The minimum absolute atomic E-state index is 0.199. The molecule has 0 aliphatic carbocycles. The third-order valence-electron chi connectivity index (χ3n) is 2.87. The Labute approximate surface area is 96.2 Å². The Balaban J connectivity index is 4.29. The summed E-state index contributed by atoms with van der Waals surface area (Å²) in [6.45, 7) is 17.8. The van der Waals surface area contributed by atoms with Crippen molar-refractivity contribution >= 4 is 0 Å². The monoisotopic (exact) mass is 214 g/mol. The van der Waals surface area contributed by atoms with Crippen molar-refractivity contribution < 1.29 is 0 Å². The van der Waals surface area contributed by atoms with Gasteiger partial charge in [0.2, 0.25) is 0 Å². The van der Waals surface area contributed by atoms with Gasteiger partial charge in [-0.25, -0.2) is 0 Å². The summed E-state index contributed by atoms with van der Waals surface area (Å²) < 4.78 is 0. The summed E-state index contributed by atoms with van der Waals surface area (Å²) in [5, 5.41) is 0. The lowest BCUT2D eigenvalue weighted by Crippen LogP contribution is -2.48. The second kappa shape index (κ2) is 5.86. The summed E-state index contributed by atoms with van der Waals surface area (Å²) in [7, 11) is 0. The third-order valence-corrected chi connectivity index (χ3v) is 2.87. The van der Waals surface area contributed by atoms with Gasteiger partial charge in [-0.15, -0.1) is 0 Å². The van der Waals surface area contributed by atoms with E-state index in [1.54, 1.807) is 0 Å². The van der Waals surface area contributed by atoms with E-state index in [4.69, 9.17) is 5.73 Å². The van der Waals surface area contributed by atoms with Crippen LogP contribution in [-0.2, 0) is 0 Å². The summed E-state index contributed by atoms with van der Waals surface area (Å²) >= 11 is 0. The Bertz CT molecular complexity index is 168. The molecule has 0 aromatic heterocycles. The van der Waals surface area contributed by atoms with E-state index < -0.39 is 0 Å². The van der Waals surface area contributed by atoms with Gasteiger partial charge >= 0.3 is 0 Å². The SMILES string of the molecule is CC(C)CN(CC(N)C(C)(C)C)C(C)C. The number of nitrogens with zero attached hydrogens (tertiary/aromatic N) is 1. The van der Waals surface area contributed by atoms with Gasteiger partial charge in [0.1, 0.15) is 0 Å². The lowest BCUT2D eigenvalue weighted by atomic mass is 9.87. The van der Waals surface area contributed by atoms with Gasteiger partial charge in [-0.1, -0.05) is 34.6 Å². The number of hydrogen-bond acceptors (Lipinski definition) is 2. The molecule has 0 heterocycles. The van der Waals surface area contributed by atoms with Crippen molar-refractivity contribution in [1.29, 1.82) is 0 Å². The lowest BCUT2D eigenvalue weighted by molar-refractivity contribution is 0.151. The molecule has 0 aromatic rings. The maximum atomic E-state index is 6.22. The van der Waals surface area contributed by atoms with Crippen LogP contribution < -0.4 is 5.73 Å². The van der Waals surface area contributed by atoms with Crippen molar-refractivity contribution in [3.63, 3.8) is 0 Å². The summed E-state index contributed by atoms with van der Waals surface area (Å²) in [4.78, 5) is 2.49. The fourth-order valence-corrected chi connectivity index (χ4v) is 1.49. The van der Waals surface area contributed by atoms with Crippen LogP contribution in [0.1, 0.15) is 48.5 Å². The molecule has 2 nitrogen and oxygen atoms in total. The van der Waals surface area contributed by atoms with Crippen LogP contribution >= 0.6 is 0 Å². The van der Waals surface area contributed by atoms with Gasteiger partial charge in [-0.2, -0.15) is 0 Å². The Morgan fingerprint density at radius 1 is 1.00 bits per heavy atom. The van der Waals surface area contributed by atoms with Crippen LogP contribution in [0.15, 0.2) is 0 Å². The van der Waals surface area contributed by atoms with Crippen LogP contribution in [0, 0.1) is 11.3 Å². The lowest BCUT2D eigenvalue weighted by Gasteiger charge is -2.35. The van der Waals surface area contributed by atoms with E-state index in [0.717, 1.165) is 13.1 Å². The molecule has 0 amide bonds. The quantitative estimate of drug-likeness (QED) is 0.762. The molecule has 0 radical (unpaired) electrons. The van der Waals surface area contributed by atoms with E-state index >= 15 is 0 Å². The second-order valence-electron chi connectivity index (χ2n) is 6.41. The smallest absolute Gasteiger partial charge is 0.0217 e. The Morgan fingerprint density at radius 3 is 1.73 bits per heavy atom. The fraction of sp³-hybridized carbons (Fsp3) is 1.00. The highest BCUT2D eigenvalue weighted by Crippen LogP contribution is 2.19. The van der Waals surface area contributed by atoms with Crippen LogP contribution in [0.2, 0.25) is 0 Å². The molecule has 1 unspecified atom stereocenters. The van der Waals surface area contributed by atoms with Crippen LogP contribution in [0.4, 0.5) is 0 Å². The molecule has 2 N–H and O–H groups in total. The molecule has 92 valence electrons. The van der Waals surface area contributed by atoms with Gasteiger partial charge in [-0.3, -0.25) is 4.90 Å². The Kier molecular flexibility index (Phi) is 5.82. The number of rotatable bonds is 5. The summed E-state index contributed by atoms with van der Waals surface area (Å²) in [5.74, 6) is 0.708. The van der Waals surface area contributed by atoms with Crippen LogP contribution in [0.25, 0.3) is 0 Å². The maximum absolute atomic E-state index is 6.22. The van der Waals surface area contributed by atoms with Gasteiger partial charge in [0.05, 0.1) is 0 Å². The van der Waals surface area contributed by atoms with Crippen molar-refractivity contribution in [2.75, 3.05) is 13.1 Å². The molecule has 2 heteroatoms. The molecular weight excluding hydrogens is 184 g/mol. The molecule has 0 aliphatic rings. The summed E-state index contributed by atoms with van der Waals surface area (Å²) in [5.41, 5.74) is 6.42. The average Bonchev–Trinajstić information content (AvgIpc) is 1.99. The second-order valence-corrected chi connectivity index (χ2v) is 6.41. The van der Waals surface area contributed by atoms with Gasteiger partial charge < -0.3 is 5.73 Å². The van der Waals surface area contributed by atoms with E-state index in [1.807, 2.05) is 0 Å². The highest BCUT2D eigenvalue weighted by molar-refractivity contribution is 4.81. The minimum atomic E-state index is 0.199. The molecule has 0 saturated carbocycles. The standard InChI is InChI=1S/C13H30N2/c1-10(2)8-15(11(3)4)9-12(14)13(5,6)7/h10-12H,8-9,14H2,1-7H3. The first-order valence-electron chi connectivity index (χ1n) is 6.14. The van der Waals surface area contributed by atoms with E-state index in [2.05, 4.69) is 53.4 Å². The Hall–Kier alpha value is -0.0800. The molecule has 0 fully saturated rings. The van der Waals surface area contributed by atoms with E-state index in [-0.39, 0.29) is 11.5 Å². The minimum Gasteiger partial charge on any atom is -0.326 e. The van der Waals surface area contributed by atoms with Crippen LogP contribution in [-0.4, -0.2) is 30.1 Å². The molecule has 0 rings (SSSR count). The number of nitrogens with two attached hydrogens (primary N) is 1. The molecule has 1 atom stereocenters. The highest BCUT2D eigenvalue weighted by Gasteiger charge is 2.24. The van der Waals surface area contributed by atoms with Crippen LogP contribution in [0.5, 0.6) is 0 Å². The Morgan fingerprint density at radius 2 is 1.47 bits per heavy atom. The molecule has 0 aliphatic heterocycles. The van der Waals surface area contributed by atoms with Gasteiger partial charge in [0, 0.05) is 25.2 Å². The summed E-state index contributed by atoms with van der Waals surface area (Å²) in [6.07, 6.45) is 0. The highest BCUT2D eigenvalue weighted by atomic mass is 15.2. The van der Waals surface area contributed by atoms with Crippen molar-refractivity contribution in [1.82, 2.24) is 4.90 Å². The van der Waals surface area contributed by atoms with Crippen LogP contribution in [0.3, 0.4) is 0 Å². The van der Waals surface area contributed by atoms with Crippen molar-refractivity contribution in [3.05, 3.63) is 0 Å². The summed E-state index contributed by atoms with van der Waals surface area (Å²) in [6, 6.07) is 0.833. The van der Waals surface area contributed by atoms with E-state index in [9.17, 15) is 0 Å². The molecule has 0 aromatic carbocycles. The molecule has 0 saturated heterocycles. The predicted molar refractivity (Wildman–Crippen MR) is 69.0 cm³/mol. The third kappa shape index (κ3) is 6.16. The molecule has 0 spiro atoms. The van der Waals surface area contributed by atoms with E-state index in [1.165, 1.54) is 0 Å². The van der Waals surface area contributed by atoms with Crippen molar-refractivity contribution in [3.8, 4) is 0 Å². The normalized spacial score (nSPS) is 15.4. The zero-order valence-corrected chi connectivity index (χ0v) is 11.7. The molecule has 0 bridgehead atoms. The van der Waals surface area contributed by atoms with Crippen molar-refractivity contribution in [2.24, 2.45) is 17.1 Å². The predicted octanol–water partition coefficient (Wildman–Crippen LogP) is 2.73. The molecular formula is C13H30N2. The molecule has 15 heavy (non-hydrogen) atoms. The first kappa shape index (κ1) is 14.9. The topological polar surface area (TPSA) is 29.3 Å². The van der Waals surface area contributed by atoms with Gasteiger partial charge in [0.25, 0.3) is 0 Å². The van der Waals surface area contributed by atoms with Crippen molar-refractivity contribution in [2.45, 2.75) is 60.5 Å². The zero-order valence-electron chi connectivity index (χ0n) is 11.7. The zero-order chi connectivity index (χ0) is 12.2. The maximum Gasteiger partial charge on any atom is 0.0217 e. The van der Waals surface area contributed by atoms with Gasteiger partial charge in [-0.05, 0) is 25.2 Å². The first-order valence-corrected chi connectivity index (χ1v) is 6.14.